The summed E-state index contributed by atoms with van der Waals surface area (Å²) in [6.07, 6.45) is 0. The number of amides is 1. The van der Waals surface area contributed by atoms with Crippen molar-refractivity contribution in [1.29, 1.82) is 0 Å². The number of nitrogens with one attached hydrogen (secondary N) is 2. The van der Waals surface area contributed by atoms with Crippen molar-refractivity contribution in [3.63, 3.8) is 0 Å². The Morgan fingerprint density at radius 2 is 2.14 bits per heavy atom. The third-order valence-corrected chi connectivity index (χ3v) is 4.26. The van der Waals surface area contributed by atoms with Crippen LogP contribution in [0.4, 0.5) is 5.00 Å². The van der Waals surface area contributed by atoms with Crippen LogP contribution in [0.5, 0.6) is 0 Å². The molecule has 21 heavy (non-hydrogen) atoms. The maximum atomic E-state index is 11.9. The van der Waals surface area contributed by atoms with Crippen LogP contribution in [-0.2, 0) is 19.6 Å². The third-order valence-electron chi connectivity index (χ3n) is 3.38. The Hall–Kier alpha value is -2.25. The van der Waals surface area contributed by atoms with Gasteiger partial charge < -0.3 is 10.6 Å². The molecule has 0 saturated carbocycles. The lowest BCUT2D eigenvalue weighted by Crippen LogP contribution is -2.22. The maximum Gasteiger partial charge on any atom is 0.324 e. The fraction of sp³-hybridized carbons (Fsp3) is 0.214. The van der Waals surface area contributed by atoms with Crippen LogP contribution in [-0.4, -0.2) is 10.8 Å². The van der Waals surface area contributed by atoms with Gasteiger partial charge in [-0.2, -0.15) is 0 Å². The summed E-state index contributed by atoms with van der Waals surface area (Å²) in [4.78, 5) is 22.1. The Bertz CT molecular complexity index is 711. The molecule has 1 aliphatic rings. The Morgan fingerprint density at radius 1 is 1.33 bits per heavy atom. The highest BCUT2D eigenvalue weighted by molar-refractivity contribution is 7.13. The topological polar surface area (TPSA) is 84.3 Å². The van der Waals surface area contributed by atoms with Crippen molar-refractivity contribution >= 4 is 22.2 Å². The molecule has 1 amide bonds. The fourth-order valence-corrected chi connectivity index (χ4v) is 2.99. The highest BCUT2D eigenvalue weighted by Gasteiger charge is 2.15. The number of nitro groups is 1. The van der Waals surface area contributed by atoms with Gasteiger partial charge in [0, 0.05) is 31.1 Å². The van der Waals surface area contributed by atoms with Crippen molar-refractivity contribution in [1.82, 2.24) is 10.6 Å². The lowest BCUT2D eigenvalue weighted by Gasteiger charge is -2.06. The molecule has 2 heterocycles. The summed E-state index contributed by atoms with van der Waals surface area (Å²) in [5.74, 6) is -0.294. The number of hydrogen-bond acceptors (Lipinski definition) is 5. The summed E-state index contributed by atoms with van der Waals surface area (Å²) in [5.41, 5.74) is 3.90. The normalized spacial score (nSPS) is 13.0. The lowest BCUT2D eigenvalue weighted by molar-refractivity contribution is -0.380. The standard InChI is InChI=1S/C14H13N3O3S/c18-14(12-4-13(17(19)20)21-8-12)16-5-9-1-2-10-6-15-7-11(10)3-9/h1-4,8,15H,5-7H2,(H,16,18). The molecule has 0 saturated heterocycles. The molecule has 0 fully saturated rings. The summed E-state index contributed by atoms with van der Waals surface area (Å²) < 4.78 is 0. The Balaban J connectivity index is 1.64. The van der Waals surface area contributed by atoms with E-state index in [0.717, 1.165) is 30.0 Å². The Labute approximate surface area is 124 Å². The number of thiophene rings is 1. The number of benzene rings is 1. The van der Waals surface area contributed by atoms with Crippen LogP contribution in [0, 0.1) is 10.1 Å². The van der Waals surface area contributed by atoms with Crippen LogP contribution in [0.3, 0.4) is 0 Å². The van der Waals surface area contributed by atoms with Gasteiger partial charge in [0.2, 0.25) is 0 Å². The first-order valence-electron chi connectivity index (χ1n) is 6.46. The second kappa shape index (κ2) is 5.63. The molecule has 6 nitrogen and oxygen atoms in total. The van der Waals surface area contributed by atoms with Gasteiger partial charge in [0.25, 0.3) is 5.91 Å². The van der Waals surface area contributed by atoms with Gasteiger partial charge >= 0.3 is 5.00 Å². The van der Waals surface area contributed by atoms with Crippen molar-refractivity contribution in [2.24, 2.45) is 0 Å². The molecule has 3 rings (SSSR count). The number of rotatable bonds is 4. The Kier molecular flexibility index (Phi) is 3.68. The monoisotopic (exact) mass is 303 g/mol. The molecule has 0 bridgehead atoms. The molecule has 0 aliphatic carbocycles. The summed E-state index contributed by atoms with van der Waals surface area (Å²) in [6, 6.07) is 7.42. The van der Waals surface area contributed by atoms with E-state index in [1.165, 1.54) is 22.6 Å². The molecular weight excluding hydrogens is 290 g/mol. The predicted molar refractivity (Wildman–Crippen MR) is 79.1 cm³/mol. The van der Waals surface area contributed by atoms with Crippen molar-refractivity contribution in [3.8, 4) is 0 Å². The summed E-state index contributed by atoms with van der Waals surface area (Å²) in [7, 11) is 0. The molecule has 1 aromatic carbocycles. The summed E-state index contributed by atoms with van der Waals surface area (Å²) in [6.45, 7) is 2.16. The smallest absolute Gasteiger partial charge is 0.324 e. The van der Waals surface area contributed by atoms with Crippen LogP contribution in [0.1, 0.15) is 27.0 Å². The first-order valence-corrected chi connectivity index (χ1v) is 7.34. The minimum atomic E-state index is -0.491. The zero-order chi connectivity index (χ0) is 14.8. The average molecular weight is 303 g/mol. The molecule has 2 aromatic rings. The van der Waals surface area contributed by atoms with E-state index < -0.39 is 4.92 Å². The molecular formula is C14H13N3O3S. The van der Waals surface area contributed by atoms with Gasteiger partial charge in [-0.1, -0.05) is 29.5 Å². The zero-order valence-electron chi connectivity index (χ0n) is 11.1. The van der Waals surface area contributed by atoms with E-state index in [1.807, 2.05) is 6.07 Å². The van der Waals surface area contributed by atoms with E-state index in [2.05, 4.69) is 22.8 Å². The van der Waals surface area contributed by atoms with Gasteiger partial charge in [-0.15, -0.1) is 0 Å². The molecule has 1 aromatic heterocycles. The van der Waals surface area contributed by atoms with Gasteiger partial charge in [0.1, 0.15) is 0 Å². The summed E-state index contributed by atoms with van der Waals surface area (Å²) in [5, 5.41) is 18.1. The van der Waals surface area contributed by atoms with Crippen LogP contribution in [0.15, 0.2) is 29.6 Å². The van der Waals surface area contributed by atoms with Gasteiger partial charge in [-0.25, -0.2) is 0 Å². The van der Waals surface area contributed by atoms with Crippen LogP contribution < -0.4 is 10.6 Å². The quantitative estimate of drug-likeness (QED) is 0.670. The SMILES string of the molecule is O=C(NCc1ccc2c(c1)CNC2)c1csc([N+](=O)[O-])c1. The molecule has 7 heteroatoms. The van der Waals surface area contributed by atoms with E-state index in [1.54, 1.807) is 0 Å². The number of fused-ring (bicyclic) bond motifs is 1. The zero-order valence-corrected chi connectivity index (χ0v) is 11.9. The van der Waals surface area contributed by atoms with Crippen molar-refractivity contribution in [3.05, 3.63) is 62.0 Å². The fourth-order valence-electron chi connectivity index (χ4n) is 2.28. The molecule has 0 atom stereocenters. The molecule has 1 aliphatic heterocycles. The third kappa shape index (κ3) is 2.93. The van der Waals surface area contributed by atoms with Crippen LogP contribution >= 0.6 is 11.3 Å². The minimum absolute atomic E-state index is 0.0243. The average Bonchev–Trinajstić information content (AvgIpc) is 3.12. The van der Waals surface area contributed by atoms with Crippen molar-refractivity contribution in [2.45, 2.75) is 19.6 Å². The number of carbonyl (C=O) groups excluding carboxylic acids is 1. The second-order valence-corrected chi connectivity index (χ2v) is 5.71. The van der Waals surface area contributed by atoms with Crippen LogP contribution in [0.25, 0.3) is 0 Å². The highest BCUT2D eigenvalue weighted by Crippen LogP contribution is 2.22. The first-order chi connectivity index (χ1) is 10.1. The number of nitrogens with zero attached hydrogens (tertiary/aromatic N) is 1. The van der Waals surface area contributed by atoms with Gasteiger partial charge in [-0.3, -0.25) is 14.9 Å². The molecule has 0 radical (unpaired) electrons. The van der Waals surface area contributed by atoms with E-state index in [-0.39, 0.29) is 10.9 Å². The molecule has 0 spiro atoms. The van der Waals surface area contributed by atoms with E-state index >= 15 is 0 Å². The van der Waals surface area contributed by atoms with E-state index in [9.17, 15) is 14.9 Å². The lowest BCUT2D eigenvalue weighted by atomic mass is 10.1. The summed E-state index contributed by atoms with van der Waals surface area (Å²) >= 11 is 0.956. The second-order valence-electron chi connectivity index (χ2n) is 4.82. The van der Waals surface area contributed by atoms with Crippen molar-refractivity contribution in [2.75, 3.05) is 0 Å². The van der Waals surface area contributed by atoms with Crippen molar-refractivity contribution < 1.29 is 9.72 Å². The largest absolute Gasteiger partial charge is 0.348 e. The van der Waals surface area contributed by atoms with Crippen LogP contribution in [0.2, 0.25) is 0 Å². The molecule has 108 valence electrons. The maximum absolute atomic E-state index is 11.9. The van der Waals surface area contributed by atoms with Gasteiger partial charge in [0.15, 0.2) is 0 Å². The van der Waals surface area contributed by atoms with Gasteiger partial charge in [-0.05, 0) is 16.7 Å². The predicted octanol–water partition coefficient (Wildman–Crippen LogP) is 2.19. The first kappa shape index (κ1) is 13.7. The highest BCUT2D eigenvalue weighted by atomic mass is 32.1. The minimum Gasteiger partial charge on any atom is -0.348 e. The Morgan fingerprint density at radius 3 is 2.90 bits per heavy atom. The van der Waals surface area contributed by atoms with E-state index in [4.69, 9.17) is 0 Å². The number of hydrogen-bond donors (Lipinski definition) is 2. The van der Waals surface area contributed by atoms with E-state index in [0.29, 0.717) is 12.1 Å². The molecule has 0 unspecified atom stereocenters. The molecule has 2 N–H and O–H groups in total. The van der Waals surface area contributed by atoms with Gasteiger partial charge in [0.05, 0.1) is 10.5 Å². The number of carbonyl (C=O) groups is 1.